The van der Waals surface area contributed by atoms with Crippen LogP contribution in [-0.2, 0) is 12.6 Å². The summed E-state index contributed by atoms with van der Waals surface area (Å²) < 4.78 is 37.8. The van der Waals surface area contributed by atoms with Crippen LogP contribution < -0.4 is 0 Å². The van der Waals surface area contributed by atoms with E-state index in [0.717, 1.165) is 12.1 Å². The largest absolute Gasteiger partial charge is 0.416 e. The number of hydrogen-bond donors (Lipinski definition) is 1. The fourth-order valence-electron chi connectivity index (χ4n) is 1.75. The first-order valence-electron chi connectivity index (χ1n) is 5.23. The first-order chi connectivity index (χ1) is 8.52. The first kappa shape index (κ1) is 12.2. The van der Waals surface area contributed by atoms with E-state index in [1.807, 2.05) is 6.07 Å². The SMILES string of the molecule is N#CCc1cc[nH]c1-c1cccc(C(F)(F)F)c1. The van der Waals surface area contributed by atoms with Crippen molar-refractivity contribution < 1.29 is 13.2 Å². The average molecular weight is 250 g/mol. The lowest BCUT2D eigenvalue weighted by molar-refractivity contribution is -0.137. The van der Waals surface area contributed by atoms with Gasteiger partial charge >= 0.3 is 6.18 Å². The Morgan fingerprint density at radius 2 is 2.00 bits per heavy atom. The number of nitriles is 1. The van der Waals surface area contributed by atoms with Gasteiger partial charge in [-0.05, 0) is 29.3 Å². The first-order valence-corrected chi connectivity index (χ1v) is 5.23. The highest BCUT2D eigenvalue weighted by Gasteiger charge is 2.30. The molecule has 18 heavy (non-hydrogen) atoms. The summed E-state index contributed by atoms with van der Waals surface area (Å²) >= 11 is 0. The van der Waals surface area contributed by atoms with Gasteiger partial charge in [-0.25, -0.2) is 0 Å². The van der Waals surface area contributed by atoms with Crippen molar-refractivity contribution in [2.75, 3.05) is 0 Å². The van der Waals surface area contributed by atoms with Gasteiger partial charge in [0.2, 0.25) is 0 Å². The predicted octanol–water partition coefficient (Wildman–Crippen LogP) is 3.77. The average Bonchev–Trinajstić information content (AvgIpc) is 2.77. The molecule has 0 fully saturated rings. The van der Waals surface area contributed by atoms with E-state index in [1.54, 1.807) is 18.3 Å². The van der Waals surface area contributed by atoms with E-state index in [9.17, 15) is 13.2 Å². The number of nitrogens with zero attached hydrogens (tertiary/aromatic N) is 1. The minimum absolute atomic E-state index is 0.162. The standard InChI is InChI=1S/C13H9F3N2/c14-13(15,16)11-3-1-2-10(8-11)12-9(4-6-17)5-7-18-12/h1-3,5,7-8,18H,4H2. The molecule has 1 aromatic carbocycles. The van der Waals surface area contributed by atoms with Crippen LogP contribution >= 0.6 is 0 Å². The molecule has 0 aliphatic carbocycles. The second-order valence-corrected chi connectivity index (χ2v) is 3.79. The Hall–Kier alpha value is -2.22. The number of H-pyrrole nitrogens is 1. The minimum Gasteiger partial charge on any atom is -0.361 e. The third kappa shape index (κ3) is 2.38. The molecule has 1 heterocycles. The van der Waals surface area contributed by atoms with E-state index in [-0.39, 0.29) is 6.42 Å². The third-order valence-corrected chi connectivity index (χ3v) is 2.58. The molecular formula is C13H9F3N2. The lowest BCUT2D eigenvalue weighted by Crippen LogP contribution is -2.04. The summed E-state index contributed by atoms with van der Waals surface area (Å²) in [4.78, 5) is 2.87. The highest BCUT2D eigenvalue weighted by Crippen LogP contribution is 2.32. The van der Waals surface area contributed by atoms with Crippen molar-refractivity contribution in [1.82, 2.24) is 4.98 Å². The number of benzene rings is 1. The quantitative estimate of drug-likeness (QED) is 0.865. The molecule has 0 aliphatic rings. The van der Waals surface area contributed by atoms with E-state index in [2.05, 4.69) is 4.98 Å². The van der Waals surface area contributed by atoms with Crippen LogP contribution in [0.5, 0.6) is 0 Å². The van der Waals surface area contributed by atoms with E-state index in [0.29, 0.717) is 16.8 Å². The van der Waals surface area contributed by atoms with Crippen molar-refractivity contribution >= 4 is 0 Å². The summed E-state index contributed by atoms with van der Waals surface area (Å²) in [5.74, 6) is 0. The van der Waals surface area contributed by atoms with Gasteiger partial charge in [0, 0.05) is 11.9 Å². The zero-order valence-corrected chi connectivity index (χ0v) is 9.25. The van der Waals surface area contributed by atoms with Crippen LogP contribution in [0.25, 0.3) is 11.3 Å². The highest BCUT2D eigenvalue weighted by atomic mass is 19.4. The van der Waals surface area contributed by atoms with Gasteiger partial charge in [-0.1, -0.05) is 12.1 Å². The van der Waals surface area contributed by atoms with E-state index in [4.69, 9.17) is 5.26 Å². The molecule has 1 aromatic heterocycles. The van der Waals surface area contributed by atoms with Crippen LogP contribution in [0.4, 0.5) is 13.2 Å². The van der Waals surface area contributed by atoms with Gasteiger partial charge < -0.3 is 4.98 Å². The maximum absolute atomic E-state index is 12.6. The Morgan fingerprint density at radius 1 is 1.22 bits per heavy atom. The Balaban J connectivity index is 2.46. The van der Waals surface area contributed by atoms with Gasteiger partial charge in [0.1, 0.15) is 0 Å². The van der Waals surface area contributed by atoms with Crippen LogP contribution in [0.1, 0.15) is 11.1 Å². The molecule has 0 amide bonds. The highest BCUT2D eigenvalue weighted by molar-refractivity contribution is 5.64. The molecule has 5 heteroatoms. The van der Waals surface area contributed by atoms with E-state index >= 15 is 0 Å². The molecule has 0 radical (unpaired) electrons. The molecule has 92 valence electrons. The van der Waals surface area contributed by atoms with Gasteiger partial charge in [0.05, 0.1) is 18.1 Å². The molecule has 0 aliphatic heterocycles. The van der Waals surface area contributed by atoms with Crippen LogP contribution in [0.3, 0.4) is 0 Å². The number of aromatic nitrogens is 1. The molecule has 0 saturated carbocycles. The molecule has 0 atom stereocenters. The van der Waals surface area contributed by atoms with Crippen molar-refractivity contribution in [3.63, 3.8) is 0 Å². The molecule has 0 saturated heterocycles. The molecule has 2 aromatic rings. The number of halogens is 3. The molecule has 2 nitrogen and oxygen atoms in total. The molecule has 1 N–H and O–H groups in total. The zero-order valence-electron chi connectivity index (χ0n) is 9.25. The number of hydrogen-bond acceptors (Lipinski definition) is 1. The van der Waals surface area contributed by atoms with Crippen LogP contribution in [-0.4, -0.2) is 4.98 Å². The topological polar surface area (TPSA) is 39.6 Å². The smallest absolute Gasteiger partial charge is 0.361 e. The van der Waals surface area contributed by atoms with Crippen LogP contribution in [0.15, 0.2) is 36.5 Å². The van der Waals surface area contributed by atoms with E-state index in [1.165, 1.54) is 6.07 Å². The fraction of sp³-hybridized carbons (Fsp3) is 0.154. The summed E-state index contributed by atoms with van der Waals surface area (Å²) in [6.07, 6.45) is -2.59. The number of aromatic amines is 1. The molecule has 0 spiro atoms. The molecular weight excluding hydrogens is 241 g/mol. The van der Waals surface area contributed by atoms with Gasteiger partial charge in [0.15, 0.2) is 0 Å². The predicted molar refractivity (Wildman–Crippen MR) is 60.5 cm³/mol. The van der Waals surface area contributed by atoms with Crippen LogP contribution in [0.2, 0.25) is 0 Å². The minimum atomic E-state index is -4.36. The van der Waals surface area contributed by atoms with Crippen molar-refractivity contribution in [2.45, 2.75) is 12.6 Å². The second-order valence-electron chi connectivity index (χ2n) is 3.79. The number of nitrogens with one attached hydrogen (secondary N) is 1. The van der Waals surface area contributed by atoms with Gasteiger partial charge in [-0.15, -0.1) is 0 Å². The van der Waals surface area contributed by atoms with Crippen molar-refractivity contribution in [3.8, 4) is 17.3 Å². The Bertz CT molecular complexity index is 591. The Morgan fingerprint density at radius 3 is 2.67 bits per heavy atom. The van der Waals surface area contributed by atoms with Crippen molar-refractivity contribution in [2.24, 2.45) is 0 Å². The molecule has 0 bridgehead atoms. The van der Waals surface area contributed by atoms with Crippen LogP contribution in [0, 0.1) is 11.3 Å². The summed E-state index contributed by atoms with van der Waals surface area (Å²) in [6, 6.07) is 8.72. The van der Waals surface area contributed by atoms with Gasteiger partial charge in [-0.2, -0.15) is 18.4 Å². The summed E-state index contributed by atoms with van der Waals surface area (Å²) in [5.41, 5.74) is 0.983. The fourth-order valence-corrected chi connectivity index (χ4v) is 1.75. The zero-order chi connectivity index (χ0) is 13.2. The number of rotatable bonds is 2. The van der Waals surface area contributed by atoms with E-state index < -0.39 is 11.7 Å². The van der Waals surface area contributed by atoms with Crippen molar-refractivity contribution in [3.05, 3.63) is 47.7 Å². The van der Waals surface area contributed by atoms with Gasteiger partial charge in [0.25, 0.3) is 0 Å². The monoisotopic (exact) mass is 250 g/mol. The third-order valence-electron chi connectivity index (χ3n) is 2.58. The summed E-state index contributed by atoms with van der Waals surface area (Å²) in [7, 11) is 0. The normalized spacial score (nSPS) is 11.2. The summed E-state index contributed by atoms with van der Waals surface area (Å²) in [5, 5.41) is 8.65. The molecule has 2 rings (SSSR count). The lowest BCUT2D eigenvalue weighted by atomic mass is 10.0. The van der Waals surface area contributed by atoms with Gasteiger partial charge in [-0.3, -0.25) is 0 Å². The lowest BCUT2D eigenvalue weighted by Gasteiger charge is -2.08. The second kappa shape index (κ2) is 4.57. The Labute approximate surface area is 102 Å². The maximum Gasteiger partial charge on any atom is 0.416 e. The molecule has 0 unspecified atom stereocenters. The van der Waals surface area contributed by atoms with Crippen molar-refractivity contribution in [1.29, 1.82) is 5.26 Å². The Kier molecular flexibility index (Phi) is 3.11. The summed E-state index contributed by atoms with van der Waals surface area (Å²) in [6.45, 7) is 0. The maximum atomic E-state index is 12.6. The number of alkyl halides is 3.